The van der Waals surface area contributed by atoms with Crippen molar-refractivity contribution in [1.29, 1.82) is 0 Å². The number of hydrogen-bond acceptors (Lipinski definition) is 3. The summed E-state index contributed by atoms with van der Waals surface area (Å²) >= 11 is 0. The van der Waals surface area contributed by atoms with E-state index in [0.717, 1.165) is 24.6 Å². The molecule has 0 saturated carbocycles. The molecule has 14 heavy (non-hydrogen) atoms. The summed E-state index contributed by atoms with van der Waals surface area (Å²) in [5, 5.41) is 3.23. The Morgan fingerprint density at radius 3 is 3.14 bits per heavy atom. The second-order valence-electron chi connectivity index (χ2n) is 3.42. The maximum atomic E-state index is 5.42. The number of fused-ring (bicyclic) bond motifs is 1. The Labute approximate surface area is 81.7 Å². The third kappa shape index (κ3) is 1.15. The number of aromatic amines is 1. The summed E-state index contributed by atoms with van der Waals surface area (Å²) in [5.41, 5.74) is 2.30. The normalized spacial score (nSPS) is 23.6. The van der Waals surface area contributed by atoms with E-state index in [9.17, 15) is 0 Å². The van der Waals surface area contributed by atoms with Crippen molar-refractivity contribution < 1.29 is 4.74 Å². The predicted molar refractivity (Wildman–Crippen MR) is 51.2 cm³/mol. The minimum atomic E-state index is -0.0504. The van der Waals surface area contributed by atoms with Gasteiger partial charge in [-0.2, -0.15) is 0 Å². The van der Waals surface area contributed by atoms with Gasteiger partial charge in [0.15, 0.2) is 11.9 Å². The molecule has 1 atom stereocenters. The lowest BCUT2D eigenvalue weighted by molar-refractivity contribution is 0.178. The van der Waals surface area contributed by atoms with Gasteiger partial charge in [0.25, 0.3) is 0 Å². The molecule has 4 nitrogen and oxygen atoms in total. The van der Waals surface area contributed by atoms with Crippen LogP contribution in [0.15, 0.2) is 24.5 Å². The Kier molecular flexibility index (Phi) is 1.67. The van der Waals surface area contributed by atoms with E-state index in [2.05, 4.69) is 15.3 Å². The summed E-state index contributed by atoms with van der Waals surface area (Å²) in [5.74, 6) is 0.900. The van der Waals surface area contributed by atoms with E-state index < -0.39 is 0 Å². The number of imidazole rings is 1. The molecule has 1 aromatic rings. The van der Waals surface area contributed by atoms with Gasteiger partial charge < -0.3 is 15.0 Å². The molecule has 0 radical (unpaired) electrons. The first kappa shape index (κ1) is 7.82. The molecular weight excluding hydrogens is 178 g/mol. The van der Waals surface area contributed by atoms with Gasteiger partial charge in [-0.05, 0) is 12.2 Å². The monoisotopic (exact) mass is 189 g/mol. The fraction of sp³-hybridized carbons (Fsp3) is 0.300. The standard InChI is InChI=1S/C10H11N3O/c1-2-4-14-9(3-1)10-12-7-5-11-6-8(7)13-10/h1-4,9,11H,5-6H2,(H,12,13). The molecule has 4 heteroatoms. The largest absolute Gasteiger partial charge is 0.486 e. The Morgan fingerprint density at radius 1 is 1.36 bits per heavy atom. The zero-order valence-electron chi connectivity index (χ0n) is 7.66. The average molecular weight is 189 g/mol. The zero-order valence-corrected chi connectivity index (χ0v) is 7.66. The summed E-state index contributed by atoms with van der Waals surface area (Å²) in [4.78, 5) is 7.77. The molecular formula is C10H11N3O. The summed E-state index contributed by atoms with van der Waals surface area (Å²) in [7, 11) is 0. The van der Waals surface area contributed by atoms with Crippen LogP contribution >= 0.6 is 0 Å². The molecule has 0 aromatic carbocycles. The number of hydrogen-bond donors (Lipinski definition) is 2. The average Bonchev–Trinajstić information content (AvgIpc) is 2.78. The van der Waals surface area contributed by atoms with Crippen molar-refractivity contribution in [3.05, 3.63) is 41.7 Å². The smallest absolute Gasteiger partial charge is 0.174 e. The fourth-order valence-corrected chi connectivity index (χ4v) is 1.74. The molecule has 2 aliphatic rings. The van der Waals surface area contributed by atoms with E-state index in [1.165, 1.54) is 5.69 Å². The molecule has 0 amide bonds. The molecule has 2 N–H and O–H groups in total. The van der Waals surface area contributed by atoms with Crippen LogP contribution in [0, 0.1) is 0 Å². The zero-order chi connectivity index (χ0) is 9.38. The molecule has 0 fully saturated rings. The lowest BCUT2D eigenvalue weighted by Gasteiger charge is -2.12. The van der Waals surface area contributed by atoms with Crippen molar-refractivity contribution in [3.63, 3.8) is 0 Å². The van der Waals surface area contributed by atoms with Crippen molar-refractivity contribution in [2.45, 2.75) is 19.2 Å². The van der Waals surface area contributed by atoms with Crippen LogP contribution < -0.4 is 5.32 Å². The number of allylic oxidation sites excluding steroid dienone is 2. The molecule has 0 bridgehead atoms. The molecule has 2 aliphatic heterocycles. The summed E-state index contributed by atoms with van der Waals surface area (Å²) in [6, 6.07) is 0. The van der Waals surface area contributed by atoms with Crippen LogP contribution in [0.1, 0.15) is 23.3 Å². The first-order valence-electron chi connectivity index (χ1n) is 4.70. The fourth-order valence-electron chi connectivity index (χ4n) is 1.74. The van der Waals surface area contributed by atoms with Crippen molar-refractivity contribution in [2.24, 2.45) is 0 Å². The minimum Gasteiger partial charge on any atom is -0.486 e. The van der Waals surface area contributed by atoms with E-state index in [-0.39, 0.29) is 6.10 Å². The third-order valence-electron chi connectivity index (χ3n) is 2.45. The Balaban J connectivity index is 1.90. The summed E-state index contributed by atoms with van der Waals surface area (Å²) in [6.07, 6.45) is 7.47. The van der Waals surface area contributed by atoms with Crippen molar-refractivity contribution >= 4 is 0 Å². The highest BCUT2D eigenvalue weighted by molar-refractivity contribution is 5.22. The first-order valence-corrected chi connectivity index (χ1v) is 4.70. The summed E-state index contributed by atoms with van der Waals surface area (Å²) < 4.78 is 5.42. The number of H-pyrrole nitrogens is 1. The lowest BCUT2D eigenvalue weighted by Crippen LogP contribution is -2.06. The molecule has 3 heterocycles. The first-order chi connectivity index (χ1) is 6.93. The highest BCUT2D eigenvalue weighted by atomic mass is 16.5. The van der Waals surface area contributed by atoms with Crippen LogP contribution in [0.4, 0.5) is 0 Å². The summed E-state index contributed by atoms with van der Waals surface area (Å²) in [6.45, 7) is 1.74. The quantitative estimate of drug-likeness (QED) is 0.696. The topological polar surface area (TPSA) is 49.9 Å². The van der Waals surface area contributed by atoms with Gasteiger partial charge in [-0.25, -0.2) is 4.98 Å². The van der Waals surface area contributed by atoms with Gasteiger partial charge in [0.1, 0.15) is 0 Å². The Hall–Kier alpha value is -1.55. The van der Waals surface area contributed by atoms with Crippen LogP contribution in [-0.4, -0.2) is 9.97 Å². The molecule has 0 aliphatic carbocycles. The van der Waals surface area contributed by atoms with Crippen LogP contribution in [-0.2, 0) is 17.8 Å². The van der Waals surface area contributed by atoms with Gasteiger partial charge in [0.05, 0.1) is 17.6 Å². The van der Waals surface area contributed by atoms with Gasteiger partial charge >= 0.3 is 0 Å². The molecule has 3 rings (SSSR count). The molecule has 0 spiro atoms. The second-order valence-corrected chi connectivity index (χ2v) is 3.42. The van der Waals surface area contributed by atoms with Crippen LogP contribution in [0.3, 0.4) is 0 Å². The number of aromatic nitrogens is 2. The number of nitrogens with one attached hydrogen (secondary N) is 2. The number of nitrogens with zero attached hydrogens (tertiary/aromatic N) is 1. The van der Waals surface area contributed by atoms with E-state index in [4.69, 9.17) is 4.74 Å². The van der Waals surface area contributed by atoms with Gasteiger partial charge in [-0.3, -0.25) is 0 Å². The molecule has 1 aromatic heterocycles. The lowest BCUT2D eigenvalue weighted by atomic mass is 10.3. The van der Waals surface area contributed by atoms with Gasteiger partial charge in [0, 0.05) is 13.1 Å². The van der Waals surface area contributed by atoms with Gasteiger partial charge in [0.2, 0.25) is 0 Å². The van der Waals surface area contributed by atoms with Crippen LogP contribution in [0.2, 0.25) is 0 Å². The second kappa shape index (κ2) is 2.99. The van der Waals surface area contributed by atoms with E-state index in [1.807, 2.05) is 18.2 Å². The Bertz CT molecular complexity index is 384. The predicted octanol–water partition coefficient (Wildman–Crippen LogP) is 1.15. The Morgan fingerprint density at radius 2 is 2.36 bits per heavy atom. The minimum absolute atomic E-state index is 0.0504. The molecule has 72 valence electrons. The van der Waals surface area contributed by atoms with Gasteiger partial charge in [-0.1, -0.05) is 6.08 Å². The van der Waals surface area contributed by atoms with E-state index in [0.29, 0.717) is 0 Å². The SMILES string of the molecule is C1=COC(c2nc3c([nH]2)CNC3)C=C1. The van der Waals surface area contributed by atoms with Crippen molar-refractivity contribution in [3.8, 4) is 0 Å². The maximum absolute atomic E-state index is 5.42. The van der Waals surface area contributed by atoms with Crippen molar-refractivity contribution in [1.82, 2.24) is 15.3 Å². The number of ether oxygens (including phenoxy) is 1. The van der Waals surface area contributed by atoms with Crippen LogP contribution in [0.25, 0.3) is 0 Å². The third-order valence-corrected chi connectivity index (χ3v) is 2.45. The maximum Gasteiger partial charge on any atom is 0.174 e. The van der Waals surface area contributed by atoms with E-state index in [1.54, 1.807) is 6.26 Å². The molecule has 0 saturated heterocycles. The van der Waals surface area contributed by atoms with Gasteiger partial charge in [-0.15, -0.1) is 0 Å². The number of rotatable bonds is 1. The highest BCUT2D eigenvalue weighted by Gasteiger charge is 2.20. The van der Waals surface area contributed by atoms with Crippen molar-refractivity contribution in [2.75, 3.05) is 0 Å². The highest BCUT2D eigenvalue weighted by Crippen LogP contribution is 2.22. The molecule has 1 unspecified atom stereocenters. The van der Waals surface area contributed by atoms with Crippen LogP contribution in [0.5, 0.6) is 0 Å². The van der Waals surface area contributed by atoms with E-state index >= 15 is 0 Å².